The maximum Gasteiger partial charge on any atom is 0.236 e. The molecule has 2 aromatic rings. The Kier molecular flexibility index (Phi) is 4.09. The van der Waals surface area contributed by atoms with E-state index in [4.69, 9.17) is 5.26 Å². The maximum atomic E-state index is 12.8. The fourth-order valence-electron chi connectivity index (χ4n) is 2.30. The number of hydrogen-bond acceptors (Lipinski definition) is 2. The number of anilines is 1. The number of rotatable bonds is 3. The van der Waals surface area contributed by atoms with Gasteiger partial charge in [0.25, 0.3) is 0 Å². The highest BCUT2D eigenvalue weighted by molar-refractivity contribution is 6.00. The van der Waals surface area contributed by atoms with Crippen LogP contribution >= 0.6 is 0 Å². The molecule has 0 unspecified atom stereocenters. The molecule has 0 atom stereocenters. The summed E-state index contributed by atoms with van der Waals surface area (Å²) in [5, 5.41) is 8.97. The predicted molar refractivity (Wildman–Crippen MR) is 84.0 cm³/mol. The van der Waals surface area contributed by atoms with Gasteiger partial charge in [0.2, 0.25) is 5.91 Å². The Bertz CT molecular complexity index is 684. The summed E-state index contributed by atoms with van der Waals surface area (Å²) < 4.78 is 0. The largest absolute Gasteiger partial charge is 0.315 e. The Morgan fingerprint density at radius 2 is 1.76 bits per heavy atom. The molecule has 0 aliphatic carbocycles. The van der Waals surface area contributed by atoms with E-state index in [1.54, 1.807) is 30.1 Å². The molecular formula is C18H18N2O. The monoisotopic (exact) mass is 278 g/mol. The van der Waals surface area contributed by atoms with E-state index in [-0.39, 0.29) is 5.91 Å². The van der Waals surface area contributed by atoms with Crippen molar-refractivity contribution in [1.29, 1.82) is 5.26 Å². The lowest BCUT2D eigenvalue weighted by atomic mass is 9.83. The third kappa shape index (κ3) is 2.95. The normalized spacial score (nSPS) is 10.8. The van der Waals surface area contributed by atoms with Crippen molar-refractivity contribution in [2.24, 2.45) is 0 Å². The Balaban J connectivity index is 2.32. The number of likely N-dealkylation sites (N-methyl/N-ethyl adjacent to an activating group) is 1. The van der Waals surface area contributed by atoms with Crippen LogP contribution in [0.4, 0.5) is 5.69 Å². The molecule has 0 saturated carbocycles. The average molecular weight is 278 g/mol. The first-order valence-electron chi connectivity index (χ1n) is 6.80. The van der Waals surface area contributed by atoms with Crippen molar-refractivity contribution in [3.05, 3.63) is 65.7 Å². The second kappa shape index (κ2) is 5.80. The molecule has 0 N–H and O–H groups in total. The predicted octanol–water partition coefficient (Wildman–Crippen LogP) is 3.50. The molecule has 21 heavy (non-hydrogen) atoms. The molecule has 1 amide bonds. The van der Waals surface area contributed by atoms with Crippen LogP contribution in [0.25, 0.3) is 0 Å². The lowest BCUT2D eigenvalue weighted by Gasteiger charge is -2.30. The van der Waals surface area contributed by atoms with Gasteiger partial charge in [0.05, 0.1) is 17.0 Å². The van der Waals surface area contributed by atoms with Gasteiger partial charge in [-0.3, -0.25) is 4.79 Å². The number of carbonyl (C=O) groups is 1. The summed E-state index contributed by atoms with van der Waals surface area (Å²) in [6.45, 7) is 3.82. The molecule has 0 aliphatic heterocycles. The van der Waals surface area contributed by atoms with Gasteiger partial charge in [-0.1, -0.05) is 36.4 Å². The van der Waals surface area contributed by atoms with Gasteiger partial charge in [0.1, 0.15) is 0 Å². The maximum absolute atomic E-state index is 12.8. The van der Waals surface area contributed by atoms with Gasteiger partial charge in [0.15, 0.2) is 0 Å². The summed E-state index contributed by atoms with van der Waals surface area (Å²) in [7, 11) is 1.74. The molecule has 0 spiro atoms. The zero-order valence-corrected chi connectivity index (χ0v) is 12.5. The van der Waals surface area contributed by atoms with Crippen molar-refractivity contribution in [2.75, 3.05) is 11.9 Å². The van der Waals surface area contributed by atoms with Crippen molar-refractivity contribution < 1.29 is 4.79 Å². The van der Waals surface area contributed by atoms with Crippen molar-refractivity contribution in [1.82, 2.24) is 0 Å². The molecule has 0 saturated heterocycles. The molecule has 106 valence electrons. The van der Waals surface area contributed by atoms with E-state index in [0.717, 1.165) is 11.3 Å². The van der Waals surface area contributed by atoms with Gasteiger partial charge in [-0.05, 0) is 37.6 Å². The molecule has 0 radical (unpaired) electrons. The highest BCUT2D eigenvalue weighted by atomic mass is 16.2. The van der Waals surface area contributed by atoms with Gasteiger partial charge >= 0.3 is 0 Å². The van der Waals surface area contributed by atoms with Crippen LogP contribution in [0.3, 0.4) is 0 Å². The van der Waals surface area contributed by atoms with E-state index < -0.39 is 5.41 Å². The van der Waals surface area contributed by atoms with Crippen molar-refractivity contribution >= 4 is 11.6 Å². The highest BCUT2D eigenvalue weighted by Crippen LogP contribution is 2.27. The summed E-state index contributed by atoms with van der Waals surface area (Å²) >= 11 is 0. The topological polar surface area (TPSA) is 44.1 Å². The first-order chi connectivity index (χ1) is 9.96. The van der Waals surface area contributed by atoms with E-state index in [0.29, 0.717) is 5.56 Å². The zero-order valence-electron chi connectivity index (χ0n) is 12.5. The zero-order chi connectivity index (χ0) is 15.5. The number of nitrogens with zero attached hydrogens (tertiary/aromatic N) is 2. The standard InChI is InChI=1S/C18H18N2O/c1-18(2,15-9-5-4-6-10-15)17(21)20(3)16-11-7-8-14(12-16)13-19/h4-12H,1-3H3. The van der Waals surface area contributed by atoms with E-state index in [2.05, 4.69) is 6.07 Å². The third-order valence-electron chi connectivity index (χ3n) is 3.70. The van der Waals surface area contributed by atoms with Crippen LogP contribution in [0.1, 0.15) is 25.0 Å². The minimum absolute atomic E-state index is 0.0104. The van der Waals surface area contributed by atoms with Gasteiger partial charge in [-0.25, -0.2) is 0 Å². The lowest BCUT2D eigenvalue weighted by Crippen LogP contribution is -2.41. The number of hydrogen-bond donors (Lipinski definition) is 0. The first-order valence-corrected chi connectivity index (χ1v) is 6.80. The molecule has 2 rings (SSSR count). The van der Waals surface area contributed by atoms with Crippen LogP contribution in [0.15, 0.2) is 54.6 Å². The highest BCUT2D eigenvalue weighted by Gasteiger charge is 2.32. The van der Waals surface area contributed by atoms with E-state index in [1.807, 2.05) is 50.2 Å². The minimum atomic E-state index is -0.626. The molecule has 0 heterocycles. The number of benzene rings is 2. The summed E-state index contributed by atoms with van der Waals surface area (Å²) in [6, 6.07) is 18.9. The van der Waals surface area contributed by atoms with Crippen LogP contribution < -0.4 is 4.90 Å². The summed E-state index contributed by atoms with van der Waals surface area (Å²) in [5.74, 6) is -0.0104. The summed E-state index contributed by atoms with van der Waals surface area (Å²) in [4.78, 5) is 14.4. The van der Waals surface area contributed by atoms with Crippen LogP contribution in [-0.2, 0) is 10.2 Å². The fraction of sp³-hybridized carbons (Fsp3) is 0.222. The van der Waals surface area contributed by atoms with E-state index in [9.17, 15) is 4.79 Å². The quantitative estimate of drug-likeness (QED) is 0.862. The Hall–Kier alpha value is -2.60. The van der Waals surface area contributed by atoms with Crippen LogP contribution in [0.2, 0.25) is 0 Å². The van der Waals surface area contributed by atoms with Crippen molar-refractivity contribution in [3.8, 4) is 6.07 Å². The molecule has 0 aliphatic rings. The second-order valence-electron chi connectivity index (χ2n) is 5.52. The SMILES string of the molecule is CN(C(=O)C(C)(C)c1ccccc1)c1cccc(C#N)c1. The van der Waals surface area contributed by atoms with Crippen molar-refractivity contribution in [3.63, 3.8) is 0 Å². The number of carbonyl (C=O) groups excluding carboxylic acids is 1. The summed E-state index contributed by atoms with van der Waals surface area (Å²) in [6.07, 6.45) is 0. The van der Waals surface area contributed by atoms with E-state index >= 15 is 0 Å². The Morgan fingerprint density at radius 1 is 1.10 bits per heavy atom. The minimum Gasteiger partial charge on any atom is -0.315 e. The Labute approximate surface area is 125 Å². The van der Waals surface area contributed by atoms with Gasteiger partial charge < -0.3 is 4.90 Å². The van der Waals surface area contributed by atoms with Crippen LogP contribution in [0.5, 0.6) is 0 Å². The summed E-state index contributed by atoms with van der Waals surface area (Å²) in [5.41, 5.74) is 1.62. The lowest BCUT2D eigenvalue weighted by molar-refractivity contribution is -0.122. The van der Waals surface area contributed by atoms with Gasteiger partial charge in [-0.2, -0.15) is 5.26 Å². The molecule has 0 bridgehead atoms. The smallest absolute Gasteiger partial charge is 0.236 e. The van der Waals surface area contributed by atoms with Crippen LogP contribution in [0, 0.1) is 11.3 Å². The molecule has 3 heteroatoms. The third-order valence-corrected chi connectivity index (χ3v) is 3.70. The van der Waals surface area contributed by atoms with Crippen LogP contribution in [-0.4, -0.2) is 13.0 Å². The molecule has 0 fully saturated rings. The molecule has 2 aromatic carbocycles. The number of amides is 1. The van der Waals surface area contributed by atoms with Crippen molar-refractivity contribution in [2.45, 2.75) is 19.3 Å². The molecule has 3 nitrogen and oxygen atoms in total. The van der Waals surface area contributed by atoms with E-state index in [1.165, 1.54) is 0 Å². The van der Waals surface area contributed by atoms with Gasteiger partial charge in [0, 0.05) is 12.7 Å². The second-order valence-corrected chi connectivity index (χ2v) is 5.52. The Morgan fingerprint density at radius 3 is 2.38 bits per heavy atom. The fourth-order valence-corrected chi connectivity index (χ4v) is 2.30. The average Bonchev–Trinajstić information content (AvgIpc) is 2.54. The molecule has 0 aromatic heterocycles. The van der Waals surface area contributed by atoms with Gasteiger partial charge in [-0.15, -0.1) is 0 Å². The number of nitriles is 1. The first kappa shape index (κ1) is 14.8. The molecular weight excluding hydrogens is 260 g/mol.